The molecule has 0 spiro atoms. The molecule has 0 saturated heterocycles. The van der Waals surface area contributed by atoms with Gasteiger partial charge in [-0.2, -0.15) is 5.10 Å². The molecule has 1 fully saturated rings. The summed E-state index contributed by atoms with van der Waals surface area (Å²) in [7, 11) is 0. The first-order valence-corrected chi connectivity index (χ1v) is 11.1. The van der Waals surface area contributed by atoms with Crippen molar-refractivity contribution in [1.82, 2.24) is 10.7 Å². The molecular formula is C23H24BrN3O2S. The van der Waals surface area contributed by atoms with Gasteiger partial charge in [-0.1, -0.05) is 65.5 Å². The highest BCUT2D eigenvalue weighted by molar-refractivity contribution is 9.10. The Bertz CT molecular complexity index is 925. The minimum absolute atomic E-state index is 0.410. The Morgan fingerprint density at radius 2 is 1.90 bits per heavy atom. The number of carbonyl (C=O) groups excluding carboxylic acids is 1. The normalized spacial score (nSPS) is 14.7. The van der Waals surface area contributed by atoms with Crippen LogP contribution in [0.4, 0.5) is 0 Å². The van der Waals surface area contributed by atoms with Gasteiger partial charge in [0.2, 0.25) is 0 Å². The number of benzene rings is 2. The summed E-state index contributed by atoms with van der Waals surface area (Å²) in [5, 5.41) is 8.00. The fourth-order valence-corrected chi connectivity index (χ4v) is 3.81. The van der Waals surface area contributed by atoms with E-state index in [1.807, 2.05) is 42.5 Å². The standard InChI is InChI=1S/C23H24BrN3O2S/c24-19-12-13-21(29-22(28)14-11-17-7-3-1-4-8-17)18(15-19)16-25-27-23(30)26-20-9-5-2-6-10-20/h1,3-4,7-8,11-16,20H,2,5-6,9-10H2,(H2,26,27,30). The van der Waals surface area contributed by atoms with E-state index in [2.05, 4.69) is 31.8 Å². The lowest BCUT2D eigenvalue weighted by atomic mass is 9.96. The van der Waals surface area contributed by atoms with Crippen LogP contribution in [-0.4, -0.2) is 23.3 Å². The zero-order valence-corrected chi connectivity index (χ0v) is 18.9. The SMILES string of the molecule is O=C(C=Cc1ccccc1)Oc1ccc(Br)cc1C=NNC(=S)NC1CCCCC1. The number of hydrazone groups is 1. The number of thiocarbonyl (C=S) groups is 1. The quantitative estimate of drug-likeness (QED) is 0.147. The molecule has 0 radical (unpaired) electrons. The number of ether oxygens (including phenoxy) is 1. The van der Waals surface area contributed by atoms with E-state index in [-0.39, 0.29) is 0 Å². The average molecular weight is 486 g/mol. The smallest absolute Gasteiger partial charge is 0.336 e. The monoisotopic (exact) mass is 485 g/mol. The first kappa shape index (κ1) is 22.2. The van der Waals surface area contributed by atoms with Gasteiger partial charge >= 0.3 is 5.97 Å². The Labute approximate surface area is 190 Å². The number of halogens is 1. The molecule has 1 saturated carbocycles. The molecule has 30 heavy (non-hydrogen) atoms. The first-order valence-electron chi connectivity index (χ1n) is 9.94. The average Bonchev–Trinajstić information content (AvgIpc) is 2.75. The van der Waals surface area contributed by atoms with Crippen LogP contribution in [0.2, 0.25) is 0 Å². The van der Waals surface area contributed by atoms with E-state index in [0.717, 1.165) is 22.9 Å². The first-order chi connectivity index (χ1) is 14.6. The molecule has 0 aliphatic heterocycles. The summed E-state index contributed by atoms with van der Waals surface area (Å²) in [4.78, 5) is 12.2. The highest BCUT2D eigenvalue weighted by atomic mass is 79.9. The highest BCUT2D eigenvalue weighted by Crippen LogP contribution is 2.22. The van der Waals surface area contributed by atoms with E-state index in [1.54, 1.807) is 18.4 Å². The number of esters is 1. The second-order valence-electron chi connectivity index (χ2n) is 7.03. The van der Waals surface area contributed by atoms with Crippen LogP contribution in [0.1, 0.15) is 43.2 Å². The maximum atomic E-state index is 12.2. The van der Waals surface area contributed by atoms with Crippen molar-refractivity contribution in [1.29, 1.82) is 0 Å². The third-order valence-electron chi connectivity index (χ3n) is 4.70. The Hall–Kier alpha value is -2.51. The summed E-state index contributed by atoms with van der Waals surface area (Å²) in [6.45, 7) is 0. The largest absolute Gasteiger partial charge is 0.423 e. The van der Waals surface area contributed by atoms with Crippen LogP contribution in [0.5, 0.6) is 5.75 Å². The molecule has 0 heterocycles. The lowest BCUT2D eigenvalue weighted by molar-refractivity contribution is -0.128. The second-order valence-corrected chi connectivity index (χ2v) is 8.35. The fourth-order valence-electron chi connectivity index (χ4n) is 3.21. The van der Waals surface area contributed by atoms with Gasteiger partial charge in [0.25, 0.3) is 0 Å². The molecule has 2 aromatic carbocycles. The summed E-state index contributed by atoms with van der Waals surface area (Å²) in [6, 6.07) is 15.3. The molecule has 5 nitrogen and oxygen atoms in total. The molecule has 156 valence electrons. The maximum Gasteiger partial charge on any atom is 0.336 e. The molecule has 2 N–H and O–H groups in total. The van der Waals surface area contributed by atoms with Gasteiger partial charge in [-0.3, -0.25) is 5.43 Å². The van der Waals surface area contributed by atoms with E-state index >= 15 is 0 Å². The van der Waals surface area contributed by atoms with Crippen LogP contribution in [-0.2, 0) is 4.79 Å². The Morgan fingerprint density at radius 1 is 1.13 bits per heavy atom. The van der Waals surface area contributed by atoms with Crippen LogP contribution < -0.4 is 15.5 Å². The van der Waals surface area contributed by atoms with Crippen molar-refractivity contribution >= 4 is 51.5 Å². The topological polar surface area (TPSA) is 62.7 Å². The lowest BCUT2D eigenvalue weighted by Gasteiger charge is -2.23. The predicted molar refractivity (Wildman–Crippen MR) is 129 cm³/mol. The summed E-state index contributed by atoms with van der Waals surface area (Å²) in [5.41, 5.74) is 4.42. The van der Waals surface area contributed by atoms with Crippen LogP contribution in [0.25, 0.3) is 6.08 Å². The lowest BCUT2D eigenvalue weighted by Crippen LogP contribution is -2.40. The molecule has 7 heteroatoms. The Kier molecular flexibility index (Phi) is 8.59. The molecule has 0 unspecified atom stereocenters. The number of nitrogens with one attached hydrogen (secondary N) is 2. The Balaban J connectivity index is 1.58. The van der Waals surface area contributed by atoms with Gasteiger partial charge < -0.3 is 10.1 Å². The third-order valence-corrected chi connectivity index (χ3v) is 5.41. The summed E-state index contributed by atoms with van der Waals surface area (Å²) < 4.78 is 6.34. The minimum Gasteiger partial charge on any atom is -0.423 e. The van der Waals surface area contributed by atoms with Crippen molar-refractivity contribution < 1.29 is 9.53 Å². The van der Waals surface area contributed by atoms with Crippen molar-refractivity contribution in [3.8, 4) is 5.75 Å². The number of nitrogens with zero attached hydrogens (tertiary/aromatic N) is 1. The number of hydrogen-bond donors (Lipinski definition) is 2. The van der Waals surface area contributed by atoms with Crippen molar-refractivity contribution in [2.75, 3.05) is 0 Å². The molecule has 1 aliphatic rings. The van der Waals surface area contributed by atoms with Gasteiger partial charge in [0.15, 0.2) is 5.11 Å². The molecule has 2 aromatic rings. The van der Waals surface area contributed by atoms with Crippen LogP contribution in [0, 0.1) is 0 Å². The van der Waals surface area contributed by atoms with E-state index in [1.165, 1.54) is 25.3 Å². The van der Waals surface area contributed by atoms with E-state index in [9.17, 15) is 4.79 Å². The molecule has 0 aromatic heterocycles. The highest BCUT2D eigenvalue weighted by Gasteiger charge is 2.13. The van der Waals surface area contributed by atoms with Gasteiger partial charge in [-0.15, -0.1) is 0 Å². The number of rotatable bonds is 6. The summed E-state index contributed by atoms with van der Waals surface area (Å²) >= 11 is 8.76. The van der Waals surface area contributed by atoms with Gasteiger partial charge in [-0.25, -0.2) is 4.79 Å². The van der Waals surface area contributed by atoms with Crippen molar-refractivity contribution in [2.45, 2.75) is 38.1 Å². The van der Waals surface area contributed by atoms with Gasteiger partial charge in [0.05, 0.1) is 6.21 Å². The van der Waals surface area contributed by atoms with Gasteiger partial charge in [-0.05, 0) is 54.9 Å². The molecule has 0 bridgehead atoms. The van der Waals surface area contributed by atoms with E-state index < -0.39 is 5.97 Å². The number of carbonyl (C=O) groups is 1. The minimum atomic E-state index is -0.460. The zero-order chi connectivity index (χ0) is 21.2. The third kappa shape index (κ3) is 7.39. The van der Waals surface area contributed by atoms with Crippen LogP contribution in [0.15, 0.2) is 64.2 Å². The summed E-state index contributed by atoms with van der Waals surface area (Å²) in [5.74, 6) is -0.0455. The maximum absolute atomic E-state index is 12.2. The second kappa shape index (κ2) is 11.6. The van der Waals surface area contributed by atoms with Crippen LogP contribution >= 0.6 is 28.1 Å². The van der Waals surface area contributed by atoms with Crippen molar-refractivity contribution in [3.05, 3.63) is 70.2 Å². The van der Waals surface area contributed by atoms with Gasteiger partial charge in [0, 0.05) is 22.2 Å². The fraction of sp³-hybridized carbons (Fsp3) is 0.261. The predicted octanol–water partition coefficient (Wildman–Crippen LogP) is 5.20. The molecular weight excluding hydrogens is 462 g/mol. The molecule has 1 aliphatic carbocycles. The van der Waals surface area contributed by atoms with Gasteiger partial charge in [0.1, 0.15) is 5.75 Å². The van der Waals surface area contributed by atoms with Crippen molar-refractivity contribution in [2.24, 2.45) is 5.10 Å². The Morgan fingerprint density at radius 3 is 2.67 bits per heavy atom. The van der Waals surface area contributed by atoms with Crippen LogP contribution in [0.3, 0.4) is 0 Å². The zero-order valence-electron chi connectivity index (χ0n) is 16.5. The molecule has 0 amide bonds. The van der Waals surface area contributed by atoms with E-state index in [0.29, 0.717) is 22.5 Å². The van der Waals surface area contributed by atoms with E-state index in [4.69, 9.17) is 17.0 Å². The summed E-state index contributed by atoms with van der Waals surface area (Å²) in [6.07, 6.45) is 10.7. The van der Waals surface area contributed by atoms with Crippen molar-refractivity contribution in [3.63, 3.8) is 0 Å². The molecule has 3 rings (SSSR count). The molecule has 0 atom stereocenters. The number of hydrogen-bond acceptors (Lipinski definition) is 4.